The fourth-order valence-corrected chi connectivity index (χ4v) is 3.06. The Labute approximate surface area is 137 Å². The Bertz CT molecular complexity index is 736. The smallest absolute Gasteiger partial charge is 0.248 e. The van der Waals surface area contributed by atoms with E-state index in [1.165, 1.54) is 22.8 Å². The number of hydrogen-bond acceptors (Lipinski definition) is 3. The van der Waals surface area contributed by atoms with Gasteiger partial charge in [-0.25, -0.2) is 0 Å². The molecule has 0 radical (unpaired) electrons. The predicted molar refractivity (Wildman–Crippen MR) is 91.8 cm³/mol. The number of hydrogen-bond donors (Lipinski definition) is 1. The van der Waals surface area contributed by atoms with Crippen LogP contribution in [0.5, 0.6) is 5.75 Å². The van der Waals surface area contributed by atoms with Gasteiger partial charge in [-0.3, -0.25) is 9.69 Å². The van der Waals surface area contributed by atoms with E-state index in [0.717, 1.165) is 37.4 Å². The topological polar surface area (TPSA) is 45.3 Å². The van der Waals surface area contributed by atoms with Gasteiger partial charge < -0.3 is 9.72 Å². The summed E-state index contributed by atoms with van der Waals surface area (Å²) in [7, 11) is 0. The number of nitrogens with zero attached hydrogens (tertiary/aromatic N) is 1. The Morgan fingerprint density at radius 1 is 1.26 bits per heavy atom. The van der Waals surface area contributed by atoms with Crippen molar-refractivity contribution in [1.82, 2.24) is 9.88 Å². The number of H-pyrrole nitrogens is 1. The minimum Gasteiger partial charge on any atom is -0.490 e. The van der Waals surface area contributed by atoms with Crippen molar-refractivity contribution in [2.24, 2.45) is 0 Å². The van der Waals surface area contributed by atoms with Crippen LogP contribution in [0.25, 0.3) is 0 Å². The van der Waals surface area contributed by atoms with Crippen molar-refractivity contribution in [3.8, 4) is 5.75 Å². The summed E-state index contributed by atoms with van der Waals surface area (Å²) in [6.07, 6.45) is 2.28. The lowest BCUT2D eigenvalue weighted by Crippen LogP contribution is -2.26. The van der Waals surface area contributed by atoms with Crippen LogP contribution in [0.3, 0.4) is 0 Å². The largest absolute Gasteiger partial charge is 0.490 e. The maximum absolute atomic E-state index is 11.6. The average Bonchev–Trinajstić information content (AvgIpc) is 2.72. The van der Waals surface area contributed by atoms with Gasteiger partial charge in [0, 0.05) is 25.7 Å². The molecule has 0 saturated heterocycles. The lowest BCUT2D eigenvalue weighted by molar-refractivity contribution is 0.219. The summed E-state index contributed by atoms with van der Waals surface area (Å²) < 4.78 is 5.75. The number of benzene rings is 1. The van der Waals surface area contributed by atoms with E-state index >= 15 is 0 Å². The Balaban J connectivity index is 1.80. The van der Waals surface area contributed by atoms with Crippen LogP contribution in [-0.4, -0.2) is 23.0 Å². The van der Waals surface area contributed by atoms with Gasteiger partial charge in [0.15, 0.2) is 0 Å². The fourth-order valence-electron chi connectivity index (χ4n) is 3.06. The molecule has 0 bridgehead atoms. The molecule has 1 aliphatic rings. The maximum atomic E-state index is 11.6. The third-order valence-electron chi connectivity index (χ3n) is 4.35. The van der Waals surface area contributed by atoms with E-state index in [2.05, 4.69) is 41.9 Å². The van der Waals surface area contributed by atoms with Gasteiger partial charge in [-0.2, -0.15) is 0 Å². The number of pyridine rings is 1. The molecule has 0 saturated carbocycles. The van der Waals surface area contributed by atoms with E-state index < -0.39 is 0 Å². The van der Waals surface area contributed by atoms with E-state index in [-0.39, 0.29) is 5.56 Å². The van der Waals surface area contributed by atoms with Crippen molar-refractivity contribution in [3.05, 3.63) is 63.1 Å². The summed E-state index contributed by atoms with van der Waals surface area (Å²) in [5.41, 5.74) is 4.87. The molecular formula is C19H24N2O2. The van der Waals surface area contributed by atoms with E-state index in [1.807, 2.05) is 0 Å². The first-order valence-electron chi connectivity index (χ1n) is 8.31. The van der Waals surface area contributed by atoms with Crippen LogP contribution < -0.4 is 10.3 Å². The lowest BCUT2D eigenvalue weighted by Gasteiger charge is -2.21. The molecule has 23 heavy (non-hydrogen) atoms. The third kappa shape index (κ3) is 3.82. The quantitative estimate of drug-likeness (QED) is 0.944. The zero-order chi connectivity index (χ0) is 16.2. The van der Waals surface area contributed by atoms with E-state index in [1.54, 1.807) is 6.07 Å². The minimum absolute atomic E-state index is 0.0738. The Kier molecular flexibility index (Phi) is 4.82. The second kappa shape index (κ2) is 7.01. The van der Waals surface area contributed by atoms with Crippen LogP contribution in [0, 0.1) is 6.92 Å². The maximum Gasteiger partial charge on any atom is 0.248 e. The van der Waals surface area contributed by atoms with Crippen LogP contribution in [0.1, 0.15) is 35.7 Å². The molecule has 1 aromatic heterocycles. The first-order valence-corrected chi connectivity index (χ1v) is 8.31. The van der Waals surface area contributed by atoms with E-state index in [4.69, 9.17) is 4.74 Å². The van der Waals surface area contributed by atoms with Gasteiger partial charge in [-0.05, 0) is 36.1 Å². The summed E-state index contributed by atoms with van der Waals surface area (Å²) >= 11 is 0. The molecule has 1 aromatic carbocycles. The van der Waals surface area contributed by atoms with Crippen LogP contribution in [0.15, 0.2) is 35.1 Å². The number of rotatable bonds is 4. The normalized spacial score (nSPS) is 14.9. The number of aromatic nitrogens is 1. The van der Waals surface area contributed by atoms with E-state index in [9.17, 15) is 4.79 Å². The van der Waals surface area contributed by atoms with Gasteiger partial charge in [-0.15, -0.1) is 0 Å². The SMILES string of the molecule is CCCc1ccc(C)c(CN2CCOc3ccc(=O)[nH]c3C2)c1. The molecule has 0 fully saturated rings. The number of ether oxygens (including phenoxy) is 1. The lowest BCUT2D eigenvalue weighted by atomic mass is 10.0. The van der Waals surface area contributed by atoms with Crippen molar-refractivity contribution in [2.75, 3.05) is 13.2 Å². The van der Waals surface area contributed by atoms with Crippen molar-refractivity contribution in [2.45, 2.75) is 39.8 Å². The monoisotopic (exact) mass is 312 g/mol. The van der Waals surface area contributed by atoms with Gasteiger partial charge >= 0.3 is 0 Å². The molecule has 4 nitrogen and oxygen atoms in total. The van der Waals surface area contributed by atoms with Gasteiger partial charge in [0.25, 0.3) is 0 Å². The molecule has 4 heteroatoms. The number of nitrogens with one attached hydrogen (secondary N) is 1. The standard InChI is InChI=1S/C19H24N2O2/c1-3-4-15-6-5-14(2)16(11-15)12-21-9-10-23-18-7-8-19(22)20-17(18)13-21/h5-8,11H,3-4,9-10,12-13H2,1-2H3,(H,20,22). The first kappa shape index (κ1) is 15.8. The summed E-state index contributed by atoms with van der Waals surface area (Å²) in [6, 6.07) is 10.0. The Morgan fingerprint density at radius 3 is 2.96 bits per heavy atom. The zero-order valence-electron chi connectivity index (χ0n) is 13.9. The van der Waals surface area contributed by atoms with Crippen molar-refractivity contribution in [1.29, 1.82) is 0 Å². The average molecular weight is 312 g/mol. The second-order valence-electron chi connectivity index (χ2n) is 6.24. The van der Waals surface area contributed by atoms with Gasteiger partial charge in [0.05, 0.1) is 5.69 Å². The minimum atomic E-state index is -0.0738. The van der Waals surface area contributed by atoms with Crippen LogP contribution in [0.2, 0.25) is 0 Å². The molecule has 0 unspecified atom stereocenters. The highest BCUT2D eigenvalue weighted by Gasteiger charge is 2.17. The highest BCUT2D eigenvalue weighted by Crippen LogP contribution is 2.22. The van der Waals surface area contributed by atoms with Gasteiger partial charge in [-0.1, -0.05) is 31.5 Å². The summed E-state index contributed by atoms with van der Waals surface area (Å²) in [5.74, 6) is 0.795. The van der Waals surface area contributed by atoms with Crippen molar-refractivity contribution < 1.29 is 4.74 Å². The van der Waals surface area contributed by atoms with Crippen LogP contribution in [0.4, 0.5) is 0 Å². The first-order chi connectivity index (χ1) is 11.2. The molecule has 2 aromatic rings. The molecule has 1 aliphatic heterocycles. The molecule has 0 spiro atoms. The van der Waals surface area contributed by atoms with E-state index in [0.29, 0.717) is 13.2 Å². The molecule has 2 heterocycles. The summed E-state index contributed by atoms with van der Waals surface area (Å²) in [6.45, 7) is 7.46. The zero-order valence-corrected chi connectivity index (χ0v) is 13.9. The fraction of sp³-hybridized carbons (Fsp3) is 0.421. The highest BCUT2D eigenvalue weighted by molar-refractivity contribution is 5.32. The van der Waals surface area contributed by atoms with Crippen molar-refractivity contribution >= 4 is 0 Å². The van der Waals surface area contributed by atoms with Gasteiger partial charge in [0.2, 0.25) is 5.56 Å². The third-order valence-corrected chi connectivity index (χ3v) is 4.35. The van der Waals surface area contributed by atoms with Crippen molar-refractivity contribution in [3.63, 3.8) is 0 Å². The predicted octanol–water partition coefficient (Wildman–Crippen LogP) is 3.03. The molecule has 0 amide bonds. The highest BCUT2D eigenvalue weighted by atomic mass is 16.5. The molecular weight excluding hydrogens is 288 g/mol. The van der Waals surface area contributed by atoms with Crippen LogP contribution >= 0.6 is 0 Å². The van der Waals surface area contributed by atoms with Crippen LogP contribution in [-0.2, 0) is 19.5 Å². The number of aryl methyl sites for hydroxylation is 2. The summed E-state index contributed by atoms with van der Waals surface area (Å²) in [5, 5.41) is 0. The second-order valence-corrected chi connectivity index (χ2v) is 6.24. The van der Waals surface area contributed by atoms with Gasteiger partial charge in [0.1, 0.15) is 12.4 Å². The molecule has 0 atom stereocenters. The number of aromatic amines is 1. The Hall–Kier alpha value is -2.07. The Morgan fingerprint density at radius 2 is 2.13 bits per heavy atom. The summed E-state index contributed by atoms with van der Waals surface area (Å²) in [4.78, 5) is 16.8. The molecule has 1 N–H and O–H groups in total. The molecule has 0 aliphatic carbocycles. The molecule has 3 rings (SSSR count). The molecule has 122 valence electrons. The number of fused-ring (bicyclic) bond motifs is 1.